The van der Waals surface area contributed by atoms with E-state index in [2.05, 4.69) is 5.32 Å². The lowest BCUT2D eigenvalue weighted by Gasteiger charge is -2.18. The van der Waals surface area contributed by atoms with Crippen molar-refractivity contribution in [1.82, 2.24) is 5.32 Å². The first-order valence-electron chi connectivity index (χ1n) is 5.96. The van der Waals surface area contributed by atoms with Crippen molar-refractivity contribution < 1.29 is 20.1 Å². The summed E-state index contributed by atoms with van der Waals surface area (Å²) in [5, 5.41) is 31.6. The van der Waals surface area contributed by atoms with Crippen LogP contribution in [0.15, 0.2) is 18.2 Å². The molecule has 6 heteroatoms. The van der Waals surface area contributed by atoms with E-state index in [1.54, 1.807) is 19.2 Å². The van der Waals surface area contributed by atoms with E-state index in [-0.39, 0.29) is 11.4 Å². The maximum absolute atomic E-state index is 10.6. The van der Waals surface area contributed by atoms with Crippen molar-refractivity contribution in [1.29, 1.82) is 0 Å². The van der Waals surface area contributed by atoms with Crippen molar-refractivity contribution in [3.8, 4) is 0 Å². The second-order valence-corrected chi connectivity index (χ2v) is 4.73. The molecule has 2 atom stereocenters. The molecule has 0 heterocycles. The normalized spacial score (nSPS) is 14.1. The summed E-state index contributed by atoms with van der Waals surface area (Å²) in [6.45, 7) is 0.586. The summed E-state index contributed by atoms with van der Waals surface area (Å²) in [5.41, 5.74) is 0.956. The fraction of sp³-hybridized carbons (Fsp3) is 0.462. The zero-order valence-electron chi connectivity index (χ0n) is 10.6. The van der Waals surface area contributed by atoms with Crippen molar-refractivity contribution in [3.63, 3.8) is 0 Å². The van der Waals surface area contributed by atoms with Crippen LogP contribution in [0.4, 0.5) is 0 Å². The Morgan fingerprint density at radius 3 is 2.63 bits per heavy atom. The molecule has 0 aliphatic carbocycles. The third-order valence-electron chi connectivity index (χ3n) is 2.81. The zero-order valence-corrected chi connectivity index (χ0v) is 11.4. The molecule has 0 bridgehead atoms. The number of hydrogen-bond acceptors (Lipinski definition) is 4. The number of aliphatic hydroxyl groups is 2. The molecule has 0 amide bonds. The Balaban J connectivity index is 2.79. The maximum atomic E-state index is 10.6. The topological polar surface area (TPSA) is 89.8 Å². The Hall–Kier alpha value is -1.14. The number of aliphatic hydroxyl groups excluding tert-OH is 2. The van der Waals surface area contributed by atoms with Crippen LogP contribution in [0.1, 0.15) is 23.7 Å². The lowest BCUT2D eigenvalue weighted by molar-refractivity contribution is -0.136. The molecule has 0 fully saturated rings. The summed E-state index contributed by atoms with van der Waals surface area (Å²) >= 11 is 5.96. The van der Waals surface area contributed by atoms with Gasteiger partial charge in [-0.15, -0.1) is 0 Å². The quantitative estimate of drug-likeness (QED) is 0.600. The number of carboxylic acids is 1. The van der Waals surface area contributed by atoms with E-state index in [1.807, 2.05) is 0 Å². The fourth-order valence-electron chi connectivity index (χ4n) is 1.73. The molecule has 1 aromatic rings. The monoisotopic (exact) mass is 287 g/mol. The molecule has 0 saturated carbocycles. The van der Waals surface area contributed by atoms with Crippen LogP contribution < -0.4 is 5.32 Å². The van der Waals surface area contributed by atoms with Gasteiger partial charge >= 0.3 is 5.97 Å². The highest BCUT2D eigenvalue weighted by Crippen LogP contribution is 2.25. The summed E-state index contributed by atoms with van der Waals surface area (Å²) in [7, 11) is 1.76. The van der Waals surface area contributed by atoms with Gasteiger partial charge in [-0.05, 0) is 37.2 Å². The van der Waals surface area contributed by atoms with Gasteiger partial charge in [0, 0.05) is 5.02 Å². The molecule has 0 spiro atoms. The van der Waals surface area contributed by atoms with Crippen molar-refractivity contribution >= 4 is 17.6 Å². The highest BCUT2D eigenvalue weighted by molar-refractivity contribution is 6.31. The van der Waals surface area contributed by atoms with Gasteiger partial charge in [0.15, 0.2) is 0 Å². The molecule has 0 aliphatic heterocycles. The summed E-state index contributed by atoms with van der Waals surface area (Å²) < 4.78 is 0. The Labute approximate surface area is 116 Å². The Kier molecular flexibility index (Phi) is 6.24. The molecular weight excluding hydrogens is 270 g/mol. The predicted molar refractivity (Wildman–Crippen MR) is 72.3 cm³/mol. The van der Waals surface area contributed by atoms with Crippen LogP contribution in [0.2, 0.25) is 5.02 Å². The van der Waals surface area contributed by atoms with Gasteiger partial charge in [-0.3, -0.25) is 4.79 Å². The van der Waals surface area contributed by atoms with Crippen molar-refractivity contribution in [2.24, 2.45) is 0 Å². The Morgan fingerprint density at radius 1 is 1.42 bits per heavy atom. The lowest BCUT2D eigenvalue weighted by Crippen LogP contribution is -2.23. The van der Waals surface area contributed by atoms with Crippen LogP contribution in [0.25, 0.3) is 0 Å². The molecule has 0 saturated heterocycles. The summed E-state index contributed by atoms with van der Waals surface area (Å²) in [6, 6.07) is 4.63. The fourth-order valence-corrected chi connectivity index (χ4v) is 1.98. The molecule has 106 valence electrons. The van der Waals surface area contributed by atoms with Crippen LogP contribution in [0, 0.1) is 0 Å². The van der Waals surface area contributed by atoms with Gasteiger partial charge in [0.25, 0.3) is 0 Å². The first kappa shape index (κ1) is 15.9. The van der Waals surface area contributed by atoms with Crippen LogP contribution >= 0.6 is 11.6 Å². The Morgan fingerprint density at radius 2 is 2.11 bits per heavy atom. The molecular formula is C13H18ClNO4. The van der Waals surface area contributed by atoms with Crippen LogP contribution in [0.3, 0.4) is 0 Å². The number of benzene rings is 1. The number of nitrogens with one attached hydrogen (secondary N) is 1. The third-order valence-corrected chi connectivity index (χ3v) is 3.17. The number of carboxylic acid groups (broad SMARTS) is 1. The van der Waals surface area contributed by atoms with Crippen molar-refractivity contribution in [2.45, 2.75) is 25.0 Å². The maximum Gasteiger partial charge on any atom is 0.307 e. The van der Waals surface area contributed by atoms with E-state index in [0.717, 1.165) is 0 Å². The SMILES string of the molecule is CNCCC(O)C(O)c1ccc(CC(=O)O)c(Cl)c1. The smallest absolute Gasteiger partial charge is 0.307 e. The van der Waals surface area contributed by atoms with Gasteiger partial charge in [0.05, 0.1) is 12.5 Å². The molecule has 0 aromatic heterocycles. The van der Waals surface area contributed by atoms with Crippen LogP contribution in [-0.4, -0.2) is 41.0 Å². The molecule has 0 radical (unpaired) electrons. The number of rotatable bonds is 7. The second kappa shape index (κ2) is 7.45. The molecule has 0 aliphatic rings. The second-order valence-electron chi connectivity index (χ2n) is 4.33. The van der Waals surface area contributed by atoms with Gasteiger partial charge in [0.1, 0.15) is 6.10 Å². The minimum Gasteiger partial charge on any atom is -0.481 e. The van der Waals surface area contributed by atoms with Gasteiger partial charge in [0.2, 0.25) is 0 Å². The predicted octanol–water partition coefficient (Wildman–Crippen LogP) is 0.971. The number of hydrogen-bond donors (Lipinski definition) is 4. The average molecular weight is 288 g/mol. The van der Waals surface area contributed by atoms with Crippen molar-refractivity contribution in [2.75, 3.05) is 13.6 Å². The molecule has 2 unspecified atom stereocenters. The Bertz CT molecular complexity index is 439. The van der Waals surface area contributed by atoms with E-state index in [0.29, 0.717) is 24.1 Å². The number of halogens is 1. The largest absolute Gasteiger partial charge is 0.481 e. The first-order chi connectivity index (χ1) is 8.95. The third kappa shape index (κ3) is 4.80. The average Bonchev–Trinajstić information content (AvgIpc) is 2.37. The zero-order chi connectivity index (χ0) is 14.4. The summed E-state index contributed by atoms with van der Waals surface area (Å²) in [6.07, 6.45) is -1.69. The van der Waals surface area contributed by atoms with E-state index in [1.165, 1.54) is 6.07 Å². The first-order valence-corrected chi connectivity index (χ1v) is 6.34. The molecule has 1 aromatic carbocycles. The molecule has 19 heavy (non-hydrogen) atoms. The number of carbonyl (C=O) groups is 1. The van der Waals surface area contributed by atoms with Crippen LogP contribution in [0.5, 0.6) is 0 Å². The number of aliphatic carboxylic acids is 1. The van der Waals surface area contributed by atoms with Crippen molar-refractivity contribution in [3.05, 3.63) is 34.3 Å². The van der Waals surface area contributed by atoms with Gasteiger partial charge in [-0.25, -0.2) is 0 Å². The molecule has 1 rings (SSSR count). The van der Waals surface area contributed by atoms with E-state index < -0.39 is 18.2 Å². The highest BCUT2D eigenvalue weighted by Gasteiger charge is 2.19. The summed E-state index contributed by atoms with van der Waals surface area (Å²) in [5.74, 6) is -0.968. The minimum absolute atomic E-state index is 0.169. The standard InChI is InChI=1S/C13H18ClNO4/c1-15-5-4-11(16)13(19)9-3-2-8(7-12(17)18)10(14)6-9/h2-3,6,11,13,15-16,19H,4-5,7H2,1H3,(H,17,18). The van der Waals surface area contributed by atoms with E-state index >= 15 is 0 Å². The van der Waals surface area contributed by atoms with Crippen LogP contribution in [-0.2, 0) is 11.2 Å². The highest BCUT2D eigenvalue weighted by atomic mass is 35.5. The molecule has 4 N–H and O–H groups in total. The summed E-state index contributed by atoms with van der Waals surface area (Å²) in [4.78, 5) is 10.6. The lowest BCUT2D eigenvalue weighted by atomic mass is 10.00. The van der Waals surface area contributed by atoms with E-state index in [9.17, 15) is 15.0 Å². The van der Waals surface area contributed by atoms with E-state index in [4.69, 9.17) is 16.7 Å². The molecule has 5 nitrogen and oxygen atoms in total. The van der Waals surface area contributed by atoms with Gasteiger partial charge in [-0.1, -0.05) is 23.7 Å². The van der Waals surface area contributed by atoms with Gasteiger partial charge in [-0.2, -0.15) is 0 Å². The van der Waals surface area contributed by atoms with Gasteiger partial charge < -0.3 is 20.6 Å². The minimum atomic E-state index is -1.04.